The van der Waals surface area contributed by atoms with Gasteiger partial charge in [0, 0.05) is 23.5 Å². The van der Waals surface area contributed by atoms with E-state index in [4.69, 9.17) is 9.73 Å². The molecule has 2 heterocycles. The Labute approximate surface area is 223 Å². The molecule has 2 N–H and O–H groups in total. The highest BCUT2D eigenvalue weighted by atomic mass is 32.2. The second-order valence-corrected chi connectivity index (χ2v) is 13.1. The van der Waals surface area contributed by atoms with Crippen LogP contribution >= 0.6 is 11.8 Å². The van der Waals surface area contributed by atoms with Gasteiger partial charge in [-0.2, -0.15) is 0 Å². The zero-order chi connectivity index (χ0) is 25.7. The van der Waals surface area contributed by atoms with Crippen LogP contribution in [-0.4, -0.2) is 46.0 Å². The lowest BCUT2D eigenvalue weighted by atomic mass is 9.53. The Morgan fingerprint density at radius 1 is 1.14 bits per heavy atom. The average molecular weight is 523 g/mol. The third-order valence-corrected chi connectivity index (χ3v) is 9.78. The predicted octanol–water partition coefficient (Wildman–Crippen LogP) is 5.85. The van der Waals surface area contributed by atoms with Crippen LogP contribution in [0.2, 0.25) is 0 Å². The van der Waals surface area contributed by atoms with Gasteiger partial charge in [-0.15, -0.1) is 0 Å². The first-order chi connectivity index (χ1) is 17.8. The number of allylic oxidation sites excluding steroid dienone is 1. The standard InChI is InChI=1S/C29H38N4O3S/c1-17(2)36-26(34)24-18(3)30-28-33(8-5-9-37-28)25(24)22-6-4-7-23(13-22)31-27(35)32-29-14-19-10-20(15-29)12-21(11-19)16-29/h4,6-7,13,17,19-21,25H,5,8-12,14-16H2,1-3H3,(H2,31,32,35). The fraction of sp³-hybridized carbons (Fsp3) is 0.621. The second-order valence-electron chi connectivity index (χ2n) is 12.0. The van der Waals surface area contributed by atoms with Crippen molar-refractivity contribution in [1.29, 1.82) is 0 Å². The number of fused-ring (bicyclic) bond motifs is 1. The van der Waals surface area contributed by atoms with Gasteiger partial charge in [-0.1, -0.05) is 23.9 Å². The summed E-state index contributed by atoms with van der Waals surface area (Å²) in [5.41, 5.74) is 2.94. The maximum Gasteiger partial charge on any atom is 0.338 e. The van der Waals surface area contributed by atoms with Crippen molar-refractivity contribution in [3.63, 3.8) is 0 Å². The molecular weight excluding hydrogens is 484 g/mol. The molecule has 1 atom stereocenters. The SMILES string of the molecule is CC1=C(C(=O)OC(C)C)C(c2cccc(NC(=O)NC34CC5CC(CC(C5)C3)C4)c2)N2CCCSC2=N1. The molecule has 4 aliphatic carbocycles. The van der Waals surface area contributed by atoms with Gasteiger partial charge in [0.05, 0.1) is 23.4 Å². The first-order valence-corrected chi connectivity index (χ1v) is 14.9. The smallest absolute Gasteiger partial charge is 0.338 e. The number of hydrogen-bond donors (Lipinski definition) is 2. The van der Waals surface area contributed by atoms with E-state index in [0.717, 1.165) is 72.2 Å². The van der Waals surface area contributed by atoms with Crippen LogP contribution in [0.4, 0.5) is 10.5 Å². The molecular formula is C29H38N4O3S. The number of nitrogens with one attached hydrogen (secondary N) is 2. The van der Waals surface area contributed by atoms with Gasteiger partial charge in [-0.25, -0.2) is 14.6 Å². The van der Waals surface area contributed by atoms with E-state index in [-0.39, 0.29) is 29.7 Å². The molecule has 0 aromatic heterocycles. The number of esters is 1. The molecule has 2 aliphatic heterocycles. The minimum Gasteiger partial charge on any atom is -0.459 e. The van der Waals surface area contributed by atoms with Crippen molar-refractivity contribution in [2.45, 2.75) is 83.4 Å². The topological polar surface area (TPSA) is 83.0 Å². The van der Waals surface area contributed by atoms with Crippen LogP contribution in [0.1, 0.15) is 77.3 Å². The van der Waals surface area contributed by atoms with Crippen LogP contribution in [-0.2, 0) is 9.53 Å². The number of amidine groups is 1. The van der Waals surface area contributed by atoms with E-state index in [1.54, 1.807) is 11.8 Å². The summed E-state index contributed by atoms with van der Waals surface area (Å²) in [7, 11) is 0. The Hall–Kier alpha value is -2.48. The summed E-state index contributed by atoms with van der Waals surface area (Å²) in [6, 6.07) is 7.50. The van der Waals surface area contributed by atoms with Crippen molar-refractivity contribution in [1.82, 2.24) is 10.2 Å². The molecule has 6 aliphatic rings. The van der Waals surface area contributed by atoms with Crippen LogP contribution < -0.4 is 10.6 Å². The third-order valence-electron chi connectivity index (χ3n) is 8.70. The summed E-state index contributed by atoms with van der Waals surface area (Å²) in [6.45, 7) is 6.45. The van der Waals surface area contributed by atoms with Crippen LogP contribution in [0.25, 0.3) is 0 Å². The molecule has 0 radical (unpaired) electrons. The number of anilines is 1. The summed E-state index contributed by atoms with van der Waals surface area (Å²) >= 11 is 1.73. The predicted molar refractivity (Wildman–Crippen MR) is 147 cm³/mol. The number of benzene rings is 1. The van der Waals surface area contributed by atoms with Crippen molar-refractivity contribution in [2.24, 2.45) is 22.7 Å². The third kappa shape index (κ3) is 4.89. The van der Waals surface area contributed by atoms with E-state index >= 15 is 0 Å². The molecule has 1 aromatic rings. The van der Waals surface area contributed by atoms with Crippen LogP contribution in [0.5, 0.6) is 0 Å². The summed E-state index contributed by atoms with van der Waals surface area (Å²) in [5.74, 6) is 3.02. The van der Waals surface area contributed by atoms with Gasteiger partial charge in [0.15, 0.2) is 5.17 Å². The second kappa shape index (κ2) is 9.68. The molecule has 1 aromatic carbocycles. The highest BCUT2D eigenvalue weighted by Crippen LogP contribution is 2.55. The van der Waals surface area contributed by atoms with Gasteiger partial charge in [-0.05, 0) is 101 Å². The monoisotopic (exact) mass is 522 g/mol. The molecule has 7 rings (SSSR count). The number of ether oxygens (including phenoxy) is 1. The number of carbonyl (C=O) groups excluding carboxylic acids is 2. The number of amides is 2. The van der Waals surface area contributed by atoms with Gasteiger partial charge < -0.3 is 20.3 Å². The lowest BCUT2D eigenvalue weighted by molar-refractivity contribution is -0.143. The Bertz CT molecular complexity index is 1120. The lowest BCUT2D eigenvalue weighted by Crippen LogP contribution is -2.60. The van der Waals surface area contributed by atoms with Crippen molar-refractivity contribution >= 4 is 34.6 Å². The Morgan fingerprint density at radius 3 is 2.51 bits per heavy atom. The number of carbonyl (C=O) groups is 2. The fourth-order valence-electron chi connectivity index (χ4n) is 7.81. The van der Waals surface area contributed by atoms with Gasteiger partial charge in [0.25, 0.3) is 0 Å². The molecule has 1 saturated heterocycles. The number of nitrogens with zero attached hydrogens (tertiary/aromatic N) is 2. The highest BCUT2D eigenvalue weighted by molar-refractivity contribution is 8.13. The van der Waals surface area contributed by atoms with E-state index < -0.39 is 0 Å². The molecule has 5 fully saturated rings. The summed E-state index contributed by atoms with van der Waals surface area (Å²) in [5, 5.41) is 7.48. The lowest BCUT2D eigenvalue weighted by Gasteiger charge is -2.56. The zero-order valence-electron chi connectivity index (χ0n) is 22.1. The van der Waals surface area contributed by atoms with Crippen LogP contribution in [0.3, 0.4) is 0 Å². The van der Waals surface area contributed by atoms with Crippen molar-refractivity contribution in [3.05, 3.63) is 41.1 Å². The average Bonchev–Trinajstić information content (AvgIpc) is 2.81. The summed E-state index contributed by atoms with van der Waals surface area (Å²) in [6.07, 6.45) is 8.22. The van der Waals surface area contributed by atoms with Gasteiger partial charge in [0.1, 0.15) is 0 Å². The highest BCUT2D eigenvalue weighted by Gasteiger charge is 2.51. The molecule has 37 heavy (non-hydrogen) atoms. The van der Waals surface area contributed by atoms with E-state index in [9.17, 15) is 9.59 Å². The normalized spacial score (nSPS) is 32.2. The maximum absolute atomic E-state index is 13.2. The van der Waals surface area contributed by atoms with Crippen molar-refractivity contribution < 1.29 is 14.3 Å². The van der Waals surface area contributed by atoms with Gasteiger partial charge in [-0.3, -0.25) is 0 Å². The largest absolute Gasteiger partial charge is 0.459 e. The Morgan fingerprint density at radius 2 is 1.84 bits per heavy atom. The molecule has 1 unspecified atom stereocenters. The number of hydrogen-bond acceptors (Lipinski definition) is 6. The van der Waals surface area contributed by atoms with Gasteiger partial charge >= 0.3 is 12.0 Å². The minimum absolute atomic E-state index is 0.0379. The number of aliphatic imine (C=N–C) groups is 1. The van der Waals surface area contributed by atoms with Crippen LogP contribution in [0, 0.1) is 17.8 Å². The first kappa shape index (κ1) is 24.8. The zero-order valence-corrected chi connectivity index (χ0v) is 22.9. The summed E-state index contributed by atoms with van der Waals surface area (Å²) in [4.78, 5) is 33.4. The van der Waals surface area contributed by atoms with E-state index in [1.807, 2.05) is 45.0 Å². The molecule has 7 nitrogen and oxygen atoms in total. The van der Waals surface area contributed by atoms with Crippen LogP contribution in [0.15, 0.2) is 40.5 Å². The number of thioether (sulfide) groups is 1. The van der Waals surface area contributed by atoms with Crippen molar-refractivity contribution in [3.8, 4) is 0 Å². The molecule has 198 valence electrons. The van der Waals surface area contributed by atoms with E-state index in [0.29, 0.717) is 11.3 Å². The molecule has 0 spiro atoms. The minimum atomic E-state index is -0.325. The maximum atomic E-state index is 13.2. The molecule has 4 bridgehead atoms. The summed E-state index contributed by atoms with van der Waals surface area (Å²) < 4.78 is 5.64. The Kier molecular flexibility index (Phi) is 6.50. The molecule has 2 amide bonds. The number of rotatable bonds is 5. The Balaban J connectivity index is 1.24. The van der Waals surface area contributed by atoms with E-state index in [1.165, 1.54) is 19.3 Å². The number of urea groups is 1. The molecule has 8 heteroatoms. The fourth-order valence-corrected chi connectivity index (χ4v) is 8.83. The molecule has 4 saturated carbocycles. The van der Waals surface area contributed by atoms with Crippen molar-refractivity contribution in [2.75, 3.05) is 17.6 Å². The van der Waals surface area contributed by atoms with Gasteiger partial charge in [0.2, 0.25) is 0 Å². The first-order valence-electron chi connectivity index (χ1n) is 13.9. The van der Waals surface area contributed by atoms with E-state index in [2.05, 4.69) is 15.5 Å². The quantitative estimate of drug-likeness (QED) is 0.474.